The molecule has 0 aliphatic rings. The molecular formula is C12H22O4. The minimum Gasteiger partial charge on any atom is -0.376 e. The Hall–Kier alpha value is -0.870. The van der Waals surface area contributed by atoms with E-state index < -0.39 is 17.0 Å². The van der Waals surface area contributed by atoms with Gasteiger partial charge < -0.3 is 4.74 Å². The molecule has 0 aliphatic carbocycles. The fourth-order valence-corrected chi connectivity index (χ4v) is 0.732. The summed E-state index contributed by atoms with van der Waals surface area (Å²) in [5, 5.41) is 0. The average molecular weight is 230 g/mol. The lowest BCUT2D eigenvalue weighted by molar-refractivity contribution is -0.326. The first-order valence-electron chi connectivity index (χ1n) is 5.28. The van der Waals surface area contributed by atoms with Crippen LogP contribution < -0.4 is 0 Å². The van der Waals surface area contributed by atoms with E-state index in [1.165, 1.54) is 0 Å². The van der Waals surface area contributed by atoms with Crippen molar-refractivity contribution < 1.29 is 19.3 Å². The van der Waals surface area contributed by atoms with E-state index in [1.54, 1.807) is 19.9 Å². The van der Waals surface area contributed by atoms with Crippen LogP contribution in [0.1, 0.15) is 34.6 Å². The van der Waals surface area contributed by atoms with Gasteiger partial charge in [-0.1, -0.05) is 6.08 Å². The maximum absolute atomic E-state index is 11.7. The number of ether oxygens (including phenoxy) is 1. The van der Waals surface area contributed by atoms with Crippen molar-refractivity contribution in [2.24, 2.45) is 5.41 Å². The Labute approximate surface area is 97.5 Å². The minimum atomic E-state index is -0.728. The number of carbonyl (C=O) groups excluding carboxylic acids is 1. The molecule has 16 heavy (non-hydrogen) atoms. The molecule has 0 unspecified atom stereocenters. The third-order valence-electron chi connectivity index (χ3n) is 1.62. The van der Waals surface area contributed by atoms with Crippen LogP contribution in [-0.2, 0) is 19.3 Å². The molecule has 4 heteroatoms. The molecule has 0 fully saturated rings. The zero-order chi connectivity index (χ0) is 12.8. The summed E-state index contributed by atoms with van der Waals surface area (Å²) in [6, 6.07) is 0. The first-order valence-corrected chi connectivity index (χ1v) is 5.28. The summed E-state index contributed by atoms with van der Waals surface area (Å²) in [5.41, 5.74) is -1.23. The van der Waals surface area contributed by atoms with Crippen LogP contribution in [0, 0.1) is 5.41 Å². The maximum atomic E-state index is 11.7. The zero-order valence-corrected chi connectivity index (χ0v) is 10.8. The Morgan fingerprint density at radius 2 is 1.81 bits per heavy atom. The van der Waals surface area contributed by atoms with Crippen molar-refractivity contribution in [3.63, 3.8) is 0 Å². The molecule has 0 N–H and O–H groups in total. The van der Waals surface area contributed by atoms with Crippen molar-refractivity contribution in [3.05, 3.63) is 12.7 Å². The van der Waals surface area contributed by atoms with E-state index in [0.29, 0.717) is 6.61 Å². The van der Waals surface area contributed by atoms with Crippen molar-refractivity contribution in [1.29, 1.82) is 0 Å². The number of rotatable bonds is 6. The number of hydrogen-bond acceptors (Lipinski definition) is 4. The van der Waals surface area contributed by atoms with E-state index >= 15 is 0 Å². The fourth-order valence-electron chi connectivity index (χ4n) is 0.732. The van der Waals surface area contributed by atoms with Crippen molar-refractivity contribution in [2.75, 3.05) is 13.2 Å². The standard InChI is InChI=1S/C12H22O4/c1-7-8-14-9-12(5,6)10(13)15-16-11(2,3)4/h7H,1,8-9H2,2-6H3. The largest absolute Gasteiger partial charge is 0.376 e. The highest BCUT2D eigenvalue weighted by molar-refractivity contribution is 5.75. The second-order valence-corrected chi connectivity index (χ2v) is 5.25. The van der Waals surface area contributed by atoms with Gasteiger partial charge in [0.25, 0.3) is 0 Å². The second kappa shape index (κ2) is 6.01. The van der Waals surface area contributed by atoms with E-state index in [0.717, 1.165) is 0 Å². The van der Waals surface area contributed by atoms with Crippen LogP contribution in [0.2, 0.25) is 0 Å². The Morgan fingerprint density at radius 3 is 2.25 bits per heavy atom. The van der Waals surface area contributed by atoms with Gasteiger partial charge in [0, 0.05) is 0 Å². The van der Waals surface area contributed by atoms with Crippen LogP contribution in [0.25, 0.3) is 0 Å². The van der Waals surface area contributed by atoms with E-state index in [9.17, 15) is 4.79 Å². The third-order valence-corrected chi connectivity index (χ3v) is 1.62. The molecule has 0 radical (unpaired) electrons. The summed E-state index contributed by atoms with van der Waals surface area (Å²) in [4.78, 5) is 21.4. The molecule has 0 aliphatic heterocycles. The van der Waals surface area contributed by atoms with Crippen LogP contribution in [0.3, 0.4) is 0 Å². The van der Waals surface area contributed by atoms with Crippen LogP contribution in [0.15, 0.2) is 12.7 Å². The van der Waals surface area contributed by atoms with E-state index in [2.05, 4.69) is 6.58 Å². The molecule has 0 saturated carbocycles. The first kappa shape index (κ1) is 15.1. The summed E-state index contributed by atoms with van der Waals surface area (Å²) in [7, 11) is 0. The molecule has 0 rings (SSSR count). The maximum Gasteiger partial charge on any atom is 0.350 e. The topological polar surface area (TPSA) is 44.8 Å². The van der Waals surface area contributed by atoms with Crippen LogP contribution >= 0.6 is 0 Å². The van der Waals surface area contributed by atoms with Gasteiger partial charge in [0.2, 0.25) is 0 Å². The minimum absolute atomic E-state index is 0.269. The van der Waals surface area contributed by atoms with E-state index in [-0.39, 0.29) is 6.61 Å². The predicted molar refractivity (Wildman–Crippen MR) is 61.7 cm³/mol. The molecule has 0 amide bonds. The first-order chi connectivity index (χ1) is 7.19. The van der Waals surface area contributed by atoms with Crippen molar-refractivity contribution in [1.82, 2.24) is 0 Å². The molecule has 0 bridgehead atoms. The van der Waals surface area contributed by atoms with Gasteiger partial charge >= 0.3 is 5.97 Å². The highest BCUT2D eigenvalue weighted by Gasteiger charge is 2.32. The lowest BCUT2D eigenvalue weighted by Crippen LogP contribution is -2.34. The molecule has 0 aromatic carbocycles. The normalized spacial score (nSPS) is 12.3. The van der Waals surface area contributed by atoms with Gasteiger partial charge in [0.05, 0.1) is 18.6 Å². The van der Waals surface area contributed by atoms with Crippen molar-refractivity contribution in [2.45, 2.75) is 40.2 Å². The fraction of sp³-hybridized carbons (Fsp3) is 0.750. The molecule has 0 atom stereocenters. The molecule has 0 heterocycles. The highest BCUT2D eigenvalue weighted by Crippen LogP contribution is 2.19. The van der Waals surface area contributed by atoms with Gasteiger partial charge in [0.15, 0.2) is 0 Å². The Morgan fingerprint density at radius 1 is 1.25 bits per heavy atom. The Kier molecular flexibility index (Phi) is 5.68. The van der Waals surface area contributed by atoms with E-state index in [1.807, 2.05) is 20.8 Å². The monoisotopic (exact) mass is 230 g/mol. The summed E-state index contributed by atoms with van der Waals surface area (Å²) >= 11 is 0. The van der Waals surface area contributed by atoms with Crippen LogP contribution in [0.5, 0.6) is 0 Å². The number of hydrogen-bond donors (Lipinski definition) is 0. The molecule has 0 aromatic rings. The van der Waals surface area contributed by atoms with Gasteiger partial charge in [-0.05, 0) is 34.6 Å². The summed E-state index contributed by atoms with van der Waals surface area (Å²) in [6.45, 7) is 13.1. The molecule has 4 nitrogen and oxygen atoms in total. The Balaban J connectivity index is 4.08. The summed E-state index contributed by atoms with van der Waals surface area (Å²) < 4.78 is 5.23. The molecular weight excluding hydrogens is 208 g/mol. The predicted octanol–water partition coefficient (Wildman–Crippen LogP) is 2.49. The van der Waals surface area contributed by atoms with Gasteiger partial charge in [-0.2, -0.15) is 4.89 Å². The van der Waals surface area contributed by atoms with Gasteiger partial charge in [-0.15, -0.1) is 6.58 Å². The van der Waals surface area contributed by atoms with Gasteiger partial charge in [-0.3, -0.25) is 4.89 Å². The lowest BCUT2D eigenvalue weighted by Gasteiger charge is -2.24. The summed E-state index contributed by atoms with van der Waals surface area (Å²) in [6.07, 6.45) is 1.63. The quantitative estimate of drug-likeness (QED) is 0.304. The molecule has 0 saturated heterocycles. The molecule has 0 aromatic heterocycles. The van der Waals surface area contributed by atoms with Crippen LogP contribution in [0.4, 0.5) is 0 Å². The lowest BCUT2D eigenvalue weighted by atomic mass is 9.95. The highest BCUT2D eigenvalue weighted by atomic mass is 17.2. The summed E-state index contributed by atoms with van der Waals surface area (Å²) in [5.74, 6) is -0.438. The average Bonchev–Trinajstić information content (AvgIpc) is 2.13. The van der Waals surface area contributed by atoms with E-state index in [4.69, 9.17) is 14.5 Å². The SMILES string of the molecule is C=CCOCC(C)(C)C(=O)OOC(C)(C)C. The molecule has 0 spiro atoms. The van der Waals surface area contributed by atoms with Gasteiger partial charge in [0.1, 0.15) is 5.60 Å². The Bertz CT molecular complexity index is 238. The smallest absolute Gasteiger partial charge is 0.350 e. The van der Waals surface area contributed by atoms with Crippen molar-refractivity contribution in [3.8, 4) is 0 Å². The number of carbonyl (C=O) groups is 1. The molecule has 94 valence electrons. The second-order valence-electron chi connectivity index (χ2n) is 5.25. The van der Waals surface area contributed by atoms with Crippen molar-refractivity contribution >= 4 is 5.97 Å². The van der Waals surface area contributed by atoms with Crippen LogP contribution in [-0.4, -0.2) is 24.8 Å². The zero-order valence-electron chi connectivity index (χ0n) is 10.8. The third kappa shape index (κ3) is 6.58. The van der Waals surface area contributed by atoms with Gasteiger partial charge in [-0.25, -0.2) is 4.79 Å².